The van der Waals surface area contributed by atoms with Crippen molar-refractivity contribution in [2.75, 3.05) is 6.54 Å². The molecule has 0 spiro atoms. The summed E-state index contributed by atoms with van der Waals surface area (Å²) in [7, 11) is 0. The zero-order valence-corrected chi connectivity index (χ0v) is 11.9. The van der Waals surface area contributed by atoms with E-state index in [9.17, 15) is 0 Å². The second-order valence-electron chi connectivity index (χ2n) is 5.69. The minimum Gasteiger partial charge on any atom is -0.339 e. The Labute approximate surface area is 117 Å². The first-order valence-electron chi connectivity index (χ1n) is 7.13. The van der Waals surface area contributed by atoms with Gasteiger partial charge >= 0.3 is 0 Å². The third kappa shape index (κ3) is 3.41. The molecule has 0 aliphatic heterocycles. The van der Waals surface area contributed by atoms with Crippen LogP contribution in [0.4, 0.5) is 0 Å². The van der Waals surface area contributed by atoms with E-state index in [2.05, 4.69) is 25.8 Å². The van der Waals surface area contributed by atoms with Gasteiger partial charge in [0, 0.05) is 12.5 Å². The van der Waals surface area contributed by atoms with E-state index in [1.165, 1.54) is 12.8 Å². The van der Waals surface area contributed by atoms with Crippen LogP contribution in [0, 0.1) is 5.92 Å². The SMILES string of the molecule is CC(C)c1nc(Cn2cc(CNCC3CC3)nn2)no1. The van der Waals surface area contributed by atoms with Crippen LogP contribution in [0.15, 0.2) is 10.7 Å². The maximum atomic E-state index is 5.17. The summed E-state index contributed by atoms with van der Waals surface area (Å²) in [5.41, 5.74) is 0.943. The summed E-state index contributed by atoms with van der Waals surface area (Å²) < 4.78 is 6.91. The van der Waals surface area contributed by atoms with E-state index in [0.717, 1.165) is 24.7 Å². The molecule has 1 aliphatic carbocycles. The van der Waals surface area contributed by atoms with Crippen LogP contribution in [0.5, 0.6) is 0 Å². The lowest BCUT2D eigenvalue weighted by atomic mass is 10.2. The van der Waals surface area contributed by atoms with Gasteiger partial charge in [0.25, 0.3) is 0 Å². The van der Waals surface area contributed by atoms with Gasteiger partial charge in [-0.3, -0.25) is 0 Å². The molecule has 7 heteroatoms. The minimum atomic E-state index is 0.245. The van der Waals surface area contributed by atoms with Crippen LogP contribution < -0.4 is 5.32 Å². The fraction of sp³-hybridized carbons (Fsp3) is 0.692. The topological polar surface area (TPSA) is 81.7 Å². The van der Waals surface area contributed by atoms with Gasteiger partial charge in [-0.05, 0) is 25.3 Å². The summed E-state index contributed by atoms with van der Waals surface area (Å²) in [6.45, 7) is 6.38. The van der Waals surface area contributed by atoms with Gasteiger partial charge in [0.05, 0.1) is 11.9 Å². The predicted octanol–water partition coefficient (Wildman–Crippen LogP) is 1.33. The first-order valence-corrected chi connectivity index (χ1v) is 7.13. The summed E-state index contributed by atoms with van der Waals surface area (Å²) in [6.07, 6.45) is 4.64. The first kappa shape index (κ1) is 13.2. The highest BCUT2D eigenvalue weighted by molar-refractivity contribution is 4.95. The molecule has 0 saturated heterocycles. The van der Waals surface area contributed by atoms with E-state index in [1.807, 2.05) is 20.0 Å². The molecule has 7 nitrogen and oxygen atoms in total. The van der Waals surface area contributed by atoms with E-state index < -0.39 is 0 Å². The number of rotatable bonds is 7. The van der Waals surface area contributed by atoms with Crippen molar-refractivity contribution in [2.24, 2.45) is 5.92 Å². The molecule has 1 N–H and O–H groups in total. The second kappa shape index (κ2) is 5.70. The van der Waals surface area contributed by atoms with Crippen LogP contribution in [0.25, 0.3) is 0 Å². The fourth-order valence-electron chi connectivity index (χ4n) is 1.93. The zero-order chi connectivity index (χ0) is 13.9. The summed E-state index contributed by atoms with van der Waals surface area (Å²) in [6, 6.07) is 0. The van der Waals surface area contributed by atoms with Crippen molar-refractivity contribution in [2.45, 2.75) is 45.7 Å². The highest BCUT2D eigenvalue weighted by Crippen LogP contribution is 2.27. The lowest BCUT2D eigenvalue weighted by Crippen LogP contribution is -2.16. The van der Waals surface area contributed by atoms with Gasteiger partial charge < -0.3 is 9.84 Å². The Morgan fingerprint density at radius 1 is 1.45 bits per heavy atom. The Bertz CT molecular complexity index is 557. The largest absolute Gasteiger partial charge is 0.339 e. The van der Waals surface area contributed by atoms with Gasteiger partial charge in [-0.15, -0.1) is 5.10 Å². The Kier molecular flexibility index (Phi) is 3.77. The predicted molar refractivity (Wildman–Crippen MR) is 71.9 cm³/mol. The van der Waals surface area contributed by atoms with E-state index in [0.29, 0.717) is 18.3 Å². The molecular formula is C13H20N6O. The average molecular weight is 276 g/mol. The van der Waals surface area contributed by atoms with Crippen LogP contribution in [-0.2, 0) is 13.1 Å². The Hall–Kier alpha value is -1.76. The van der Waals surface area contributed by atoms with Crippen molar-refractivity contribution in [3.8, 4) is 0 Å². The van der Waals surface area contributed by atoms with Gasteiger partial charge in [0.2, 0.25) is 5.89 Å². The van der Waals surface area contributed by atoms with Gasteiger partial charge in [-0.2, -0.15) is 4.98 Å². The monoisotopic (exact) mass is 276 g/mol. The molecule has 1 fully saturated rings. The van der Waals surface area contributed by atoms with Crippen molar-refractivity contribution < 1.29 is 4.52 Å². The third-order valence-electron chi connectivity index (χ3n) is 3.30. The number of nitrogens with zero attached hydrogens (tertiary/aromatic N) is 5. The number of hydrogen-bond donors (Lipinski definition) is 1. The van der Waals surface area contributed by atoms with Crippen LogP contribution in [-0.4, -0.2) is 31.7 Å². The Balaban J connectivity index is 1.52. The molecule has 20 heavy (non-hydrogen) atoms. The van der Waals surface area contributed by atoms with Gasteiger partial charge in [-0.1, -0.05) is 24.2 Å². The van der Waals surface area contributed by atoms with Crippen LogP contribution in [0.1, 0.15) is 50.0 Å². The lowest BCUT2D eigenvalue weighted by Gasteiger charge is -1.98. The molecule has 0 radical (unpaired) electrons. The standard InChI is InChI=1S/C13H20N6O/c1-9(2)13-15-12(17-20-13)8-19-7-11(16-18-19)6-14-5-10-3-4-10/h7,9-10,14H,3-6,8H2,1-2H3. The number of hydrogen-bond acceptors (Lipinski definition) is 6. The maximum Gasteiger partial charge on any atom is 0.229 e. The average Bonchev–Trinajstić information content (AvgIpc) is 2.94. The molecule has 2 heterocycles. The molecule has 0 bridgehead atoms. The maximum absolute atomic E-state index is 5.17. The summed E-state index contributed by atoms with van der Waals surface area (Å²) in [5, 5.41) is 15.6. The van der Waals surface area contributed by atoms with Crippen molar-refractivity contribution in [3.05, 3.63) is 23.6 Å². The second-order valence-corrected chi connectivity index (χ2v) is 5.69. The molecule has 108 valence electrons. The summed E-state index contributed by atoms with van der Waals surface area (Å²) in [4.78, 5) is 4.33. The van der Waals surface area contributed by atoms with Crippen molar-refractivity contribution in [3.63, 3.8) is 0 Å². The molecule has 1 saturated carbocycles. The Morgan fingerprint density at radius 3 is 3.00 bits per heavy atom. The van der Waals surface area contributed by atoms with E-state index in [4.69, 9.17) is 4.52 Å². The molecule has 1 aliphatic rings. The van der Waals surface area contributed by atoms with Crippen molar-refractivity contribution in [1.29, 1.82) is 0 Å². The molecular weight excluding hydrogens is 256 g/mol. The van der Waals surface area contributed by atoms with Crippen molar-refractivity contribution >= 4 is 0 Å². The van der Waals surface area contributed by atoms with Gasteiger partial charge in [-0.25, -0.2) is 4.68 Å². The molecule has 0 aromatic carbocycles. The van der Waals surface area contributed by atoms with E-state index in [-0.39, 0.29) is 5.92 Å². The lowest BCUT2D eigenvalue weighted by molar-refractivity contribution is 0.359. The third-order valence-corrected chi connectivity index (χ3v) is 3.30. The number of aromatic nitrogens is 5. The van der Waals surface area contributed by atoms with Gasteiger partial charge in [0.1, 0.15) is 6.54 Å². The van der Waals surface area contributed by atoms with Crippen LogP contribution >= 0.6 is 0 Å². The van der Waals surface area contributed by atoms with Crippen LogP contribution in [0.2, 0.25) is 0 Å². The molecule has 0 amide bonds. The van der Waals surface area contributed by atoms with E-state index >= 15 is 0 Å². The smallest absolute Gasteiger partial charge is 0.229 e. The quantitative estimate of drug-likeness (QED) is 0.821. The summed E-state index contributed by atoms with van der Waals surface area (Å²) >= 11 is 0. The molecule has 0 unspecified atom stereocenters. The molecule has 2 aromatic rings. The number of nitrogens with one attached hydrogen (secondary N) is 1. The minimum absolute atomic E-state index is 0.245. The zero-order valence-electron chi connectivity index (χ0n) is 11.9. The summed E-state index contributed by atoms with van der Waals surface area (Å²) in [5.74, 6) is 2.41. The molecule has 0 atom stereocenters. The highest BCUT2D eigenvalue weighted by atomic mass is 16.5. The van der Waals surface area contributed by atoms with Crippen molar-refractivity contribution in [1.82, 2.24) is 30.5 Å². The van der Waals surface area contributed by atoms with E-state index in [1.54, 1.807) is 4.68 Å². The fourth-order valence-corrected chi connectivity index (χ4v) is 1.93. The normalized spacial score (nSPS) is 15.2. The highest BCUT2D eigenvalue weighted by Gasteiger charge is 2.20. The Morgan fingerprint density at radius 2 is 2.30 bits per heavy atom. The first-order chi connectivity index (χ1) is 9.70. The van der Waals surface area contributed by atoms with Crippen LogP contribution in [0.3, 0.4) is 0 Å². The molecule has 3 rings (SSSR count). The molecule has 2 aromatic heterocycles. The van der Waals surface area contributed by atoms with Gasteiger partial charge in [0.15, 0.2) is 5.82 Å².